The van der Waals surface area contributed by atoms with Crippen molar-refractivity contribution in [2.75, 3.05) is 13.1 Å². The lowest BCUT2D eigenvalue weighted by atomic mass is 10.2. The molecule has 7 heteroatoms. The normalized spacial score (nSPS) is 21.4. The second kappa shape index (κ2) is 5.20. The Balaban J connectivity index is 2.45. The van der Waals surface area contributed by atoms with Crippen LogP contribution in [0.3, 0.4) is 0 Å². The maximum Gasteiger partial charge on any atom is 0.244 e. The molecule has 0 radical (unpaired) electrons. The van der Waals surface area contributed by atoms with Crippen LogP contribution in [-0.2, 0) is 10.0 Å². The summed E-state index contributed by atoms with van der Waals surface area (Å²) in [5.74, 6) is 0. The highest BCUT2D eigenvalue weighted by Gasteiger charge is 2.32. The second-order valence-electron chi connectivity index (χ2n) is 4.44. The van der Waals surface area contributed by atoms with Crippen molar-refractivity contribution >= 4 is 41.9 Å². The van der Waals surface area contributed by atoms with Crippen LogP contribution >= 0.6 is 31.9 Å². The molecule has 0 aliphatic carbocycles. The molecule has 2 rings (SSSR count). The Morgan fingerprint density at radius 2 is 2.00 bits per heavy atom. The van der Waals surface area contributed by atoms with Crippen molar-refractivity contribution in [3.63, 3.8) is 0 Å². The number of rotatable bonds is 2. The minimum Gasteiger partial charge on any atom is -0.326 e. The molecular weight excluding hydrogens is 384 g/mol. The van der Waals surface area contributed by atoms with E-state index in [0.29, 0.717) is 24.0 Å². The van der Waals surface area contributed by atoms with Crippen LogP contribution in [0.25, 0.3) is 0 Å². The molecule has 0 amide bonds. The molecule has 0 spiro atoms. The van der Waals surface area contributed by atoms with Crippen molar-refractivity contribution in [1.82, 2.24) is 4.31 Å². The van der Waals surface area contributed by atoms with E-state index in [1.165, 1.54) is 4.31 Å². The van der Waals surface area contributed by atoms with Crippen LogP contribution in [0.1, 0.15) is 12.0 Å². The average molecular weight is 398 g/mol. The third-order valence-electron chi connectivity index (χ3n) is 3.02. The Morgan fingerprint density at radius 3 is 2.56 bits per heavy atom. The van der Waals surface area contributed by atoms with Gasteiger partial charge in [-0.15, -0.1) is 0 Å². The zero-order valence-corrected chi connectivity index (χ0v) is 13.8. The van der Waals surface area contributed by atoms with Crippen LogP contribution < -0.4 is 5.73 Å². The first-order valence-corrected chi connectivity index (χ1v) is 8.56. The number of hydrogen-bond donors (Lipinski definition) is 1. The Morgan fingerprint density at radius 1 is 1.33 bits per heavy atom. The summed E-state index contributed by atoms with van der Waals surface area (Å²) in [6, 6.07) is 3.37. The summed E-state index contributed by atoms with van der Waals surface area (Å²) in [5.41, 5.74) is 6.75. The zero-order chi connectivity index (χ0) is 13.5. The smallest absolute Gasteiger partial charge is 0.244 e. The molecule has 18 heavy (non-hydrogen) atoms. The largest absolute Gasteiger partial charge is 0.326 e. The van der Waals surface area contributed by atoms with E-state index in [0.717, 1.165) is 10.0 Å². The number of aryl methyl sites for hydroxylation is 1. The first-order chi connectivity index (χ1) is 8.32. The van der Waals surface area contributed by atoms with Crippen molar-refractivity contribution in [3.8, 4) is 0 Å². The quantitative estimate of drug-likeness (QED) is 0.832. The zero-order valence-electron chi connectivity index (χ0n) is 9.86. The molecule has 4 nitrogen and oxygen atoms in total. The van der Waals surface area contributed by atoms with Gasteiger partial charge in [-0.25, -0.2) is 8.42 Å². The van der Waals surface area contributed by atoms with Gasteiger partial charge >= 0.3 is 0 Å². The standard InChI is InChI=1S/C11H14Br2N2O2S/c1-7-4-10(13)11(5-9(7)12)18(16,17)15-3-2-8(14)6-15/h4-5,8H,2-3,6,14H2,1H3. The summed E-state index contributed by atoms with van der Waals surface area (Å²) in [6.45, 7) is 2.79. The topological polar surface area (TPSA) is 63.4 Å². The number of sulfonamides is 1. The summed E-state index contributed by atoms with van der Waals surface area (Å²) in [4.78, 5) is 0.286. The number of halogens is 2. The van der Waals surface area contributed by atoms with Crippen molar-refractivity contribution in [3.05, 3.63) is 26.6 Å². The van der Waals surface area contributed by atoms with Crippen LogP contribution in [-0.4, -0.2) is 31.9 Å². The molecule has 1 atom stereocenters. The van der Waals surface area contributed by atoms with Crippen molar-refractivity contribution in [2.24, 2.45) is 5.73 Å². The van der Waals surface area contributed by atoms with Crippen molar-refractivity contribution in [1.29, 1.82) is 0 Å². The van der Waals surface area contributed by atoms with Crippen LogP contribution in [0.5, 0.6) is 0 Å². The highest BCUT2D eigenvalue weighted by molar-refractivity contribution is 9.11. The second-order valence-corrected chi connectivity index (χ2v) is 8.06. The molecule has 1 aromatic rings. The van der Waals surface area contributed by atoms with E-state index < -0.39 is 10.0 Å². The van der Waals surface area contributed by atoms with Gasteiger partial charge in [0, 0.05) is 28.1 Å². The Bertz CT molecular complexity index is 575. The molecular formula is C11H14Br2N2O2S. The molecule has 2 N–H and O–H groups in total. The van der Waals surface area contributed by atoms with Gasteiger partial charge in [-0.1, -0.05) is 15.9 Å². The molecule has 0 bridgehead atoms. The fourth-order valence-corrected chi connectivity index (χ4v) is 5.09. The molecule has 1 saturated heterocycles. The lowest BCUT2D eigenvalue weighted by Crippen LogP contribution is -2.32. The third-order valence-corrected chi connectivity index (χ3v) is 6.70. The summed E-state index contributed by atoms with van der Waals surface area (Å²) < 4.78 is 27.8. The van der Waals surface area contributed by atoms with Gasteiger partial charge < -0.3 is 5.73 Å². The molecule has 1 fully saturated rings. The Hall–Kier alpha value is 0.0500. The molecule has 0 saturated carbocycles. The fourth-order valence-electron chi connectivity index (χ4n) is 1.94. The molecule has 0 aromatic heterocycles. The molecule has 100 valence electrons. The molecule has 1 unspecified atom stereocenters. The summed E-state index contributed by atoms with van der Waals surface area (Å²) >= 11 is 6.69. The number of hydrogen-bond acceptors (Lipinski definition) is 3. The summed E-state index contributed by atoms with van der Waals surface area (Å²) in [5, 5.41) is 0. The van der Waals surface area contributed by atoms with Crippen molar-refractivity contribution in [2.45, 2.75) is 24.3 Å². The first-order valence-electron chi connectivity index (χ1n) is 5.53. The number of benzene rings is 1. The van der Waals surface area contributed by atoms with Gasteiger partial charge in [0.15, 0.2) is 0 Å². The van der Waals surface area contributed by atoms with E-state index in [9.17, 15) is 8.42 Å². The summed E-state index contributed by atoms with van der Waals surface area (Å²) in [7, 11) is -3.47. The minimum absolute atomic E-state index is 0.0626. The number of nitrogens with zero attached hydrogens (tertiary/aromatic N) is 1. The first kappa shape index (κ1) is 14.5. The van der Waals surface area contributed by atoms with Crippen LogP contribution in [0.15, 0.2) is 26.0 Å². The average Bonchev–Trinajstić information content (AvgIpc) is 2.70. The van der Waals surface area contributed by atoms with E-state index in [1.54, 1.807) is 12.1 Å². The maximum absolute atomic E-state index is 12.5. The van der Waals surface area contributed by atoms with E-state index in [1.807, 2.05) is 6.92 Å². The number of nitrogens with two attached hydrogens (primary N) is 1. The molecule has 1 aromatic carbocycles. The Labute approximate surface area is 124 Å². The van der Waals surface area contributed by atoms with E-state index in [4.69, 9.17) is 5.73 Å². The summed E-state index contributed by atoms with van der Waals surface area (Å²) in [6.07, 6.45) is 0.712. The van der Waals surface area contributed by atoms with Crippen LogP contribution in [0, 0.1) is 6.92 Å². The molecule has 1 heterocycles. The van der Waals surface area contributed by atoms with Gasteiger partial charge in [0.25, 0.3) is 0 Å². The monoisotopic (exact) mass is 396 g/mol. The minimum atomic E-state index is -3.47. The lowest BCUT2D eigenvalue weighted by molar-refractivity contribution is 0.472. The van der Waals surface area contributed by atoms with Gasteiger partial charge in [-0.3, -0.25) is 0 Å². The predicted octanol–water partition coefficient (Wildman–Crippen LogP) is 2.24. The maximum atomic E-state index is 12.5. The SMILES string of the molecule is Cc1cc(Br)c(S(=O)(=O)N2CCC(N)C2)cc1Br. The van der Waals surface area contributed by atoms with Gasteiger partial charge in [0.05, 0.1) is 4.90 Å². The van der Waals surface area contributed by atoms with Crippen LogP contribution in [0.2, 0.25) is 0 Å². The van der Waals surface area contributed by atoms with Gasteiger partial charge in [-0.05, 0) is 47.0 Å². The highest BCUT2D eigenvalue weighted by atomic mass is 79.9. The Kier molecular flexibility index (Phi) is 4.18. The van der Waals surface area contributed by atoms with Crippen molar-refractivity contribution < 1.29 is 8.42 Å². The molecule has 1 aliphatic rings. The molecule has 1 aliphatic heterocycles. The predicted molar refractivity (Wildman–Crippen MR) is 77.9 cm³/mol. The lowest BCUT2D eigenvalue weighted by Gasteiger charge is -2.17. The van der Waals surface area contributed by atoms with E-state index in [-0.39, 0.29) is 10.9 Å². The van der Waals surface area contributed by atoms with Gasteiger partial charge in [0.1, 0.15) is 0 Å². The van der Waals surface area contributed by atoms with Crippen LogP contribution in [0.4, 0.5) is 0 Å². The fraction of sp³-hybridized carbons (Fsp3) is 0.455. The third kappa shape index (κ3) is 2.65. The highest BCUT2D eigenvalue weighted by Crippen LogP contribution is 2.31. The van der Waals surface area contributed by atoms with E-state index >= 15 is 0 Å². The van der Waals surface area contributed by atoms with Gasteiger partial charge in [0.2, 0.25) is 10.0 Å². The van der Waals surface area contributed by atoms with Gasteiger partial charge in [-0.2, -0.15) is 4.31 Å². The van der Waals surface area contributed by atoms with E-state index in [2.05, 4.69) is 31.9 Å².